The van der Waals surface area contributed by atoms with Crippen LogP contribution >= 0.6 is 11.6 Å². The number of carbonyl (C=O) groups excluding carboxylic acids is 1. The molecule has 2 aromatic carbocycles. The summed E-state index contributed by atoms with van der Waals surface area (Å²) in [4.78, 5) is 21.1. The molecule has 7 heteroatoms. The van der Waals surface area contributed by atoms with Crippen molar-refractivity contribution in [2.45, 2.75) is 13.5 Å². The fraction of sp³-hybridized carbons (Fsp3) is 0.150. The van der Waals surface area contributed by atoms with Gasteiger partial charge < -0.3 is 15.4 Å². The Balaban J connectivity index is 1.72. The van der Waals surface area contributed by atoms with Crippen molar-refractivity contribution in [1.29, 1.82) is 0 Å². The SMILES string of the molecule is COc1ccc(NC(=O)c2cc(NCc3ccccc3)nc(C)n2)cc1Cl. The number of methoxy groups -OCH3 is 1. The average Bonchev–Trinajstić information content (AvgIpc) is 2.67. The van der Waals surface area contributed by atoms with Crippen molar-refractivity contribution < 1.29 is 9.53 Å². The van der Waals surface area contributed by atoms with Crippen LogP contribution in [0.5, 0.6) is 5.75 Å². The number of hydrogen-bond donors (Lipinski definition) is 2. The molecule has 138 valence electrons. The van der Waals surface area contributed by atoms with Crippen LogP contribution in [-0.2, 0) is 6.54 Å². The molecule has 0 spiro atoms. The summed E-state index contributed by atoms with van der Waals surface area (Å²) in [6, 6.07) is 16.6. The second-order valence-corrected chi connectivity index (χ2v) is 6.24. The maximum atomic E-state index is 12.6. The molecule has 0 radical (unpaired) electrons. The lowest BCUT2D eigenvalue weighted by molar-refractivity contribution is 0.102. The van der Waals surface area contributed by atoms with E-state index in [0.717, 1.165) is 5.56 Å². The van der Waals surface area contributed by atoms with Gasteiger partial charge in [-0.05, 0) is 30.7 Å². The summed E-state index contributed by atoms with van der Waals surface area (Å²) in [5, 5.41) is 6.41. The third-order valence-corrected chi connectivity index (χ3v) is 4.09. The molecule has 0 atom stereocenters. The van der Waals surface area contributed by atoms with E-state index in [1.165, 1.54) is 7.11 Å². The normalized spacial score (nSPS) is 10.3. The summed E-state index contributed by atoms with van der Waals surface area (Å²) in [7, 11) is 1.53. The Labute approximate surface area is 162 Å². The van der Waals surface area contributed by atoms with Crippen LogP contribution in [0.1, 0.15) is 21.9 Å². The Kier molecular flexibility index (Phi) is 5.88. The number of nitrogens with zero attached hydrogens (tertiary/aromatic N) is 2. The summed E-state index contributed by atoms with van der Waals surface area (Å²) < 4.78 is 5.11. The van der Waals surface area contributed by atoms with E-state index in [4.69, 9.17) is 16.3 Å². The summed E-state index contributed by atoms with van der Waals surface area (Å²) >= 11 is 6.10. The van der Waals surface area contributed by atoms with Crippen LogP contribution in [0, 0.1) is 6.92 Å². The van der Waals surface area contributed by atoms with Gasteiger partial charge in [-0.1, -0.05) is 41.9 Å². The zero-order chi connectivity index (χ0) is 19.2. The Hall–Kier alpha value is -3.12. The van der Waals surface area contributed by atoms with Crippen LogP contribution in [0.2, 0.25) is 5.02 Å². The lowest BCUT2D eigenvalue weighted by atomic mass is 10.2. The number of nitrogens with one attached hydrogen (secondary N) is 2. The van der Waals surface area contributed by atoms with E-state index < -0.39 is 0 Å². The van der Waals surface area contributed by atoms with Crippen LogP contribution in [0.25, 0.3) is 0 Å². The van der Waals surface area contributed by atoms with E-state index in [1.807, 2.05) is 30.3 Å². The number of hydrogen-bond acceptors (Lipinski definition) is 5. The first-order chi connectivity index (χ1) is 13.0. The highest BCUT2D eigenvalue weighted by atomic mass is 35.5. The Morgan fingerprint density at radius 1 is 1.11 bits per heavy atom. The first kappa shape index (κ1) is 18.7. The van der Waals surface area contributed by atoms with Gasteiger partial charge in [-0.25, -0.2) is 9.97 Å². The molecule has 0 saturated carbocycles. The van der Waals surface area contributed by atoms with E-state index in [2.05, 4.69) is 20.6 Å². The zero-order valence-corrected chi connectivity index (χ0v) is 15.7. The monoisotopic (exact) mass is 382 g/mol. The van der Waals surface area contributed by atoms with Crippen LogP contribution in [0.3, 0.4) is 0 Å². The number of rotatable bonds is 6. The van der Waals surface area contributed by atoms with Gasteiger partial charge in [0.2, 0.25) is 0 Å². The number of amides is 1. The standard InChI is InChI=1S/C20H19ClN4O2/c1-13-23-17(11-19(24-13)22-12-14-6-4-3-5-7-14)20(26)25-15-8-9-18(27-2)16(21)10-15/h3-11H,12H2,1-2H3,(H,25,26)(H,22,23,24). The molecule has 0 aliphatic heterocycles. The number of benzene rings is 2. The highest BCUT2D eigenvalue weighted by molar-refractivity contribution is 6.32. The van der Waals surface area contributed by atoms with Gasteiger partial charge >= 0.3 is 0 Å². The molecule has 1 amide bonds. The minimum Gasteiger partial charge on any atom is -0.495 e. The largest absolute Gasteiger partial charge is 0.495 e. The van der Waals surface area contributed by atoms with Crippen LogP contribution in [-0.4, -0.2) is 23.0 Å². The fourth-order valence-corrected chi connectivity index (χ4v) is 2.76. The van der Waals surface area contributed by atoms with E-state index in [1.54, 1.807) is 31.2 Å². The van der Waals surface area contributed by atoms with Crippen molar-refractivity contribution in [2.24, 2.45) is 0 Å². The quantitative estimate of drug-likeness (QED) is 0.664. The topological polar surface area (TPSA) is 76.1 Å². The second kappa shape index (κ2) is 8.51. The molecular formula is C20H19ClN4O2. The molecule has 0 bridgehead atoms. The molecule has 1 heterocycles. The van der Waals surface area contributed by atoms with Crippen molar-refractivity contribution in [3.8, 4) is 5.75 Å². The maximum Gasteiger partial charge on any atom is 0.274 e. The molecule has 2 N–H and O–H groups in total. The molecule has 0 aliphatic carbocycles. The number of aryl methyl sites for hydroxylation is 1. The molecule has 0 fully saturated rings. The molecule has 0 saturated heterocycles. The fourth-order valence-electron chi connectivity index (χ4n) is 2.50. The van der Waals surface area contributed by atoms with Crippen LogP contribution in [0.4, 0.5) is 11.5 Å². The van der Waals surface area contributed by atoms with Gasteiger partial charge in [0, 0.05) is 18.3 Å². The minimum absolute atomic E-state index is 0.269. The Morgan fingerprint density at radius 3 is 2.59 bits per heavy atom. The Bertz CT molecular complexity index is 948. The van der Waals surface area contributed by atoms with Gasteiger partial charge in [0.05, 0.1) is 12.1 Å². The number of aromatic nitrogens is 2. The van der Waals surface area contributed by atoms with Gasteiger partial charge in [0.25, 0.3) is 5.91 Å². The summed E-state index contributed by atoms with van der Waals surface area (Å²) in [6.07, 6.45) is 0. The van der Waals surface area contributed by atoms with Gasteiger partial charge in [0.15, 0.2) is 0 Å². The van der Waals surface area contributed by atoms with Crippen molar-refractivity contribution in [1.82, 2.24) is 9.97 Å². The van der Waals surface area contributed by atoms with E-state index in [9.17, 15) is 4.79 Å². The van der Waals surface area contributed by atoms with Gasteiger partial charge in [0.1, 0.15) is 23.1 Å². The predicted octanol–water partition coefficient (Wildman–Crippen LogP) is 4.31. The van der Waals surface area contributed by atoms with E-state index in [0.29, 0.717) is 34.6 Å². The summed E-state index contributed by atoms with van der Waals surface area (Å²) in [5.74, 6) is 1.29. The summed E-state index contributed by atoms with van der Waals surface area (Å²) in [5.41, 5.74) is 1.94. The van der Waals surface area contributed by atoms with Gasteiger partial charge in [-0.2, -0.15) is 0 Å². The van der Waals surface area contributed by atoms with Crippen LogP contribution in [0.15, 0.2) is 54.6 Å². The highest BCUT2D eigenvalue weighted by Crippen LogP contribution is 2.27. The maximum absolute atomic E-state index is 12.6. The number of halogens is 1. The first-order valence-corrected chi connectivity index (χ1v) is 8.71. The minimum atomic E-state index is -0.343. The predicted molar refractivity (Wildman–Crippen MR) is 106 cm³/mol. The highest BCUT2D eigenvalue weighted by Gasteiger charge is 2.12. The van der Waals surface area contributed by atoms with Crippen molar-refractivity contribution in [2.75, 3.05) is 17.7 Å². The third-order valence-electron chi connectivity index (χ3n) is 3.80. The molecule has 3 rings (SSSR count). The zero-order valence-electron chi connectivity index (χ0n) is 15.0. The van der Waals surface area contributed by atoms with E-state index in [-0.39, 0.29) is 11.6 Å². The lowest BCUT2D eigenvalue weighted by Crippen LogP contribution is -2.16. The van der Waals surface area contributed by atoms with Gasteiger partial charge in [-0.15, -0.1) is 0 Å². The van der Waals surface area contributed by atoms with Crippen molar-refractivity contribution >= 4 is 29.0 Å². The molecule has 3 aromatic rings. The lowest BCUT2D eigenvalue weighted by Gasteiger charge is -2.10. The third kappa shape index (κ3) is 4.95. The smallest absolute Gasteiger partial charge is 0.274 e. The molecule has 6 nitrogen and oxygen atoms in total. The van der Waals surface area contributed by atoms with Crippen molar-refractivity contribution in [3.63, 3.8) is 0 Å². The molecule has 0 aliphatic rings. The molecule has 1 aromatic heterocycles. The van der Waals surface area contributed by atoms with Crippen molar-refractivity contribution in [3.05, 3.63) is 76.7 Å². The second-order valence-electron chi connectivity index (χ2n) is 5.83. The first-order valence-electron chi connectivity index (χ1n) is 8.33. The molecule has 0 unspecified atom stereocenters. The van der Waals surface area contributed by atoms with Gasteiger partial charge in [-0.3, -0.25) is 4.79 Å². The molecule has 27 heavy (non-hydrogen) atoms. The Morgan fingerprint density at radius 2 is 1.89 bits per heavy atom. The molecular weight excluding hydrogens is 364 g/mol. The average molecular weight is 383 g/mol. The number of anilines is 2. The number of carbonyl (C=O) groups is 1. The number of ether oxygens (including phenoxy) is 1. The summed E-state index contributed by atoms with van der Waals surface area (Å²) in [6.45, 7) is 2.35. The van der Waals surface area contributed by atoms with Crippen LogP contribution < -0.4 is 15.4 Å². The van der Waals surface area contributed by atoms with E-state index >= 15 is 0 Å².